The number of esters is 1. The predicted octanol–water partition coefficient (Wildman–Crippen LogP) is 1.53. The molecule has 0 amide bonds. The second-order valence-corrected chi connectivity index (χ2v) is 3.85. The van der Waals surface area contributed by atoms with Crippen LogP contribution in [0.25, 0.3) is 0 Å². The highest BCUT2D eigenvalue weighted by Crippen LogP contribution is 2.43. The van der Waals surface area contributed by atoms with Gasteiger partial charge in [0.2, 0.25) is 0 Å². The lowest BCUT2D eigenvalue weighted by atomic mass is 9.87. The first kappa shape index (κ1) is 9.27. The average Bonchev–Trinajstić information content (AvgIpc) is 2.65. The van der Waals surface area contributed by atoms with E-state index < -0.39 is 5.97 Å². The lowest BCUT2D eigenvalue weighted by Crippen LogP contribution is -2.28. The topological polar surface area (TPSA) is 55.8 Å². The van der Waals surface area contributed by atoms with Gasteiger partial charge in [-0.15, -0.1) is 0 Å². The monoisotopic (exact) mass is 218 g/mol. The van der Waals surface area contributed by atoms with Crippen molar-refractivity contribution in [3.63, 3.8) is 0 Å². The number of benzene rings is 1. The molecular formula is C12H10O4. The zero-order valence-electron chi connectivity index (χ0n) is 8.42. The summed E-state index contributed by atoms with van der Waals surface area (Å²) in [5.74, 6) is 0.0849. The van der Waals surface area contributed by atoms with Crippen LogP contribution in [0.3, 0.4) is 0 Å². The molecule has 0 radical (unpaired) electrons. The smallest absolute Gasteiger partial charge is 0.338 e. The van der Waals surface area contributed by atoms with Crippen molar-refractivity contribution < 1.29 is 19.4 Å². The van der Waals surface area contributed by atoms with E-state index in [1.54, 1.807) is 0 Å². The molecule has 82 valence electrons. The van der Waals surface area contributed by atoms with Gasteiger partial charge < -0.3 is 14.6 Å². The third kappa shape index (κ3) is 1.13. The molecule has 1 fully saturated rings. The summed E-state index contributed by atoms with van der Waals surface area (Å²) in [6.07, 6.45) is 0.524. The molecule has 0 bridgehead atoms. The Morgan fingerprint density at radius 1 is 1.38 bits per heavy atom. The number of aliphatic hydroxyl groups excluding tert-OH is 1. The van der Waals surface area contributed by atoms with Crippen molar-refractivity contribution in [1.82, 2.24) is 0 Å². The molecular weight excluding hydrogens is 208 g/mol. The second-order valence-electron chi connectivity index (χ2n) is 3.85. The average molecular weight is 218 g/mol. The van der Waals surface area contributed by atoms with Gasteiger partial charge in [0.15, 0.2) is 0 Å². The van der Waals surface area contributed by atoms with E-state index in [0.717, 1.165) is 17.6 Å². The van der Waals surface area contributed by atoms with E-state index in [1.165, 1.54) is 0 Å². The Bertz CT molecular complexity index is 478. The predicted molar refractivity (Wildman–Crippen MR) is 55.3 cm³/mol. The molecule has 2 aliphatic rings. The number of fused-ring (bicyclic) bond motifs is 3. The van der Waals surface area contributed by atoms with Crippen molar-refractivity contribution in [3.8, 4) is 5.75 Å². The van der Waals surface area contributed by atoms with Crippen LogP contribution in [0.2, 0.25) is 0 Å². The van der Waals surface area contributed by atoms with Crippen molar-refractivity contribution in [2.24, 2.45) is 0 Å². The number of carbonyl (C=O) groups is 1. The largest absolute Gasteiger partial charge is 0.515 e. The maximum absolute atomic E-state index is 11.5. The Kier molecular flexibility index (Phi) is 1.89. The van der Waals surface area contributed by atoms with Crippen LogP contribution < -0.4 is 4.74 Å². The van der Waals surface area contributed by atoms with Gasteiger partial charge in [-0.2, -0.15) is 0 Å². The molecule has 0 spiro atoms. The summed E-state index contributed by atoms with van der Waals surface area (Å²) >= 11 is 0. The second kappa shape index (κ2) is 3.27. The van der Waals surface area contributed by atoms with Crippen LogP contribution >= 0.6 is 0 Å². The fourth-order valence-electron chi connectivity index (χ4n) is 2.27. The molecule has 1 aromatic rings. The summed E-state index contributed by atoms with van der Waals surface area (Å²) in [4.78, 5) is 11.5. The van der Waals surface area contributed by atoms with Gasteiger partial charge in [-0.25, -0.2) is 4.79 Å². The minimum atomic E-state index is -0.460. The summed E-state index contributed by atoms with van der Waals surface area (Å²) in [6.45, 7) is 0.338. The first-order valence-corrected chi connectivity index (χ1v) is 5.08. The van der Waals surface area contributed by atoms with Crippen molar-refractivity contribution in [2.45, 2.75) is 12.0 Å². The number of aliphatic hydroxyl groups is 1. The lowest BCUT2D eigenvalue weighted by molar-refractivity contribution is -0.140. The van der Waals surface area contributed by atoms with E-state index in [1.807, 2.05) is 24.3 Å². The van der Waals surface area contributed by atoms with Crippen LogP contribution in [0.4, 0.5) is 0 Å². The molecule has 4 heteroatoms. The first-order valence-electron chi connectivity index (χ1n) is 5.08. The minimum Gasteiger partial charge on any atom is -0.515 e. The van der Waals surface area contributed by atoms with Crippen molar-refractivity contribution >= 4 is 5.97 Å². The Labute approximate surface area is 92.1 Å². The summed E-state index contributed by atoms with van der Waals surface area (Å²) in [6, 6.07) is 7.49. The van der Waals surface area contributed by atoms with Gasteiger partial charge in [0.1, 0.15) is 18.5 Å². The van der Waals surface area contributed by atoms with E-state index in [4.69, 9.17) is 14.6 Å². The Morgan fingerprint density at radius 3 is 3.00 bits per heavy atom. The number of hydrogen-bond acceptors (Lipinski definition) is 4. The molecule has 2 heterocycles. The highest BCUT2D eigenvalue weighted by molar-refractivity contribution is 5.93. The summed E-state index contributed by atoms with van der Waals surface area (Å²) in [5.41, 5.74) is 1.20. The van der Waals surface area contributed by atoms with E-state index >= 15 is 0 Å². The molecule has 16 heavy (non-hydrogen) atoms. The zero-order chi connectivity index (χ0) is 11.1. The van der Waals surface area contributed by atoms with Crippen LogP contribution in [0, 0.1) is 0 Å². The zero-order valence-corrected chi connectivity index (χ0v) is 8.42. The SMILES string of the molecule is O=C1OC2COc3ccccc3C2/C1=C\O. The number of rotatable bonds is 0. The van der Waals surface area contributed by atoms with Gasteiger partial charge >= 0.3 is 5.97 Å². The minimum absolute atomic E-state index is 0.206. The molecule has 4 nitrogen and oxygen atoms in total. The quantitative estimate of drug-likeness (QED) is 0.407. The Balaban J connectivity index is 2.13. The molecule has 3 rings (SSSR count). The molecule has 0 aromatic heterocycles. The highest BCUT2D eigenvalue weighted by Gasteiger charge is 2.45. The molecule has 1 N–H and O–H groups in total. The van der Waals surface area contributed by atoms with E-state index in [9.17, 15) is 4.79 Å². The summed E-state index contributed by atoms with van der Waals surface area (Å²) in [5, 5.41) is 9.10. The fourth-order valence-corrected chi connectivity index (χ4v) is 2.27. The normalized spacial score (nSPS) is 29.2. The molecule has 0 aliphatic carbocycles. The molecule has 1 saturated heterocycles. The van der Waals surface area contributed by atoms with E-state index in [-0.39, 0.29) is 12.0 Å². The number of carbonyl (C=O) groups excluding carboxylic acids is 1. The highest BCUT2D eigenvalue weighted by atomic mass is 16.6. The van der Waals surface area contributed by atoms with Crippen molar-refractivity contribution in [1.29, 1.82) is 0 Å². The third-order valence-electron chi connectivity index (χ3n) is 3.00. The van der Waals surface area contributed by atoms with Crippen LogP contribution in [0.5, 0.6) is 5.75 Å². The van der Waals surface area contributed by atoms with Crippen LogP contribution in [-0.2, 0) is 9.53 Å². The molecule has 2 aliphatic heterocycles. The Morgan fingerprint density at radius 2 is 2.19 bits per heavy atom. The van der Waals surface area contributed by atoms with Gasteiger partial charge in [0, 0.05) is 5.56 Å². The number of hydrogen-bond donors (Lipinski definition) is 1. The summed E-state index contributed by atoms with van der Waals surface area (Å²) < 4.78 is 10.6. The van der Waals surface area contributed by atoms with Crippen LogP contribution in [0.1, 0.15) is 11.5 Å². The molecule has 2 unspecified atom stereocenters. The fraction of sp³-hybridized carbons (Fsp3) is 0.250. The number of ether oxygens (including phenoxy) is 2. The molecule has 0 saturated carbocycles. The van der Waals surface area contributed by atoms with Crippen molar-refractivity contribution in [2.75, 3.05) is 6.61 Å². The van der Waals surface area contributed by atoms with E-state index in [0.29, 0.717) is 12.2 Å². The maximum atomic E-state index is 11.5. The van der Waals surface area contributed by atoms with Crippen molar-refractivity contribution in [3.05, 3.63) is 41.7 Å². The summed E-state index contributed by atoms with van der Waals surface area (Å²) in [7, 11) is 0. The lowest BCUT2D eigenvalue weighted by Gasteiger charge is -2.26. The van der Waals surface area contributed by atoms with Gasteiger partial charge in [-0.05, 0) is 6.07 Å². The van der Waals surface area contributed by atoms with Gasteiger partial charge in [0.05, 0.1) is 17.8 Å². The van der Waals surface area contributed by atoms with Crippen LogP contribution in [-0.4, -0.2) is 23.8 Å². The first-order chi connectivity index (χ1) is 7.81. The maximum Gasteiger partial charge on any atom is 0.338 e. The standard InChI is InChI=1S/C12H10O4/c13-5-8-11-7-3-1-2-4-9(7)15-6-10(11)16-12(8)14/h1-5,10-11,13H,6H2/b8-5+. The third-order valence-corrected chi connectivity index (χ3v) is 3.00. The number of para-hydroxylation sites is 1. The molecule has 2 atom stereocenters. The molecule has 1 aromatic carbocycles. The van der Waals surface area contributed by atoms with Crippen LogP contribution in [0.15, 0.2) is 36.1 Å². The van der Waals surface area contributed by atoms with E-state index in [2.05, 4.69) is 0 Å². The van der Waals surface area contributed by atoms with Gasteiger partial charge in [0.25, 0.3) is 0 Å². The van der Waals surface area contributed by atoms with Gasteiger partial charge in [-0.1, -0.05) is 18.2 Å². The van der Waals surface area contributed by atoms with Gasteiger partial charge in [-0.3, -0.25) is 0 Å². The Hall–Kier alpha value is -1.97.